The molecular weight excluding hydrogens is 313 g/mol. The summed E-state index contributed by atoms with van der Waals surface area (Å²) in [5.41, 5.74) is 0.421. The zero-order valence-electron chi connectivity index (χ0n) is 12.1. The molecule has 0 fully saturated rings. The third kappa shape index (κ3) is 4.30. The average Bonchev–Trinajstić information content (AvgIpc) is 2.83. The Morgan fingerprint density at radius 1 is 1.36 bits per heavy atom. The molecule has 7 heteroatoms. The first-order valence-electron chi connectivity index (χ1n) is 6.57. The van der Waals surface area contributed by atoms with Crippen molar-refractivity contribution in [1.29, 1.82) is 0 Å². The minimum atomic E-state index is -4.38. The van der Waals surface area contributed by atoms with Crippen molar-refractivity contribution in [1.82, 2.24) is 9.88 Å². The molecular formula is C15H15F3N2OS. The lowest BCUT2D eigenvalue weighted by Crippen LogP contribution is -2.28. The van der Waals surface area contributed by atoms with Gasteiger partial charge in [0, 0.05) is 19.0 Å². The third-order valence-corrected chi connectivity index (χ3v) is 3.92. The Balaban J connectivity index is 2.02. The molecule has 0 atom stereocenters. The molecule has 0 saturated carbocycles. The van der Waals surface area contributed by atoms with E-state index in [0.717, 1.165) is 17.1 Å². The maximum atomic E-state index is 12.7. The Labute approximate surface area is 130 Å². The summed E-state index contributed by atoms with van der Waals surface area (Å²) in [5, 5.41) is 2.69. The van der Waals surface area contributed by atoms with E-state index in [9.17, 15) is 18.0 Å². The number of hydrogen-bond acceptors (Lipinski definition) is 3. The molecule has 2 rings (SSSR count). The highest BCUT2D eigenvalue weighted by Gasteiger charge is 2.30. The van der Waals surface area contributed by atoms with Crippen molar-refractivity contribution in [3.8, 4) is 0 Å². The standard InChI is InChI=1S/C15H15F3N2OS/c1-10-19-13(9-22-10)7-14(21)20(2)8-11-4-3-5-12(6-11)15(16,17)18/h3-6,9H,7-8H2,1-2H3. The van der Waals surface area contributed by atoms with Crippen LogP contribution >= 0.6 is 11.3 Å². The van der Waals surface area contributed by atoms with E-state index in [1.807, 2.05) is 12.3 Å². The number of benzene rings is 1. The lowest BCUT2D eigenvalue weighted by atomic mass is 10.1. The fourth-order valence-electron chi connectivity index (χ4n) is 1.99. The van der Waals surface area contributed by atoms with Gasteiger partial charge in [-0.15, -0.1) is 11.3 Å². The van der Waals surface area contributed by atoms with Crippen LogP contribution in [0.4, 0.5) is 13.2 Å². The predicted molar refractivity (Wildman–Crippen MR) is 78.5 cm³/mol. The molecule has 118 valence electrons. The molecule has 0 unspecified atom stereocenters. The molecule has 0 aliphatic heterocycles. The molecule has 1 aromatic heterocycles. The van der Waals surface area contributed by atoms with Gasteiger partial charge >= 0.3 is 6.18 Å². The highest BCUT2D eigenvalue weighted by atomic mass is 32.1. The first-order valence-corrected chi connectivity index (χ1v) is 7.45. The number of nitrogens with zero attached hydrogens (tertiary/aromatic N) is 2. The van der Waals surface area contributed by atoms with Gasteiger partial charge in [0.1, 0.15) is 0 Å². The van der Waals surface area contributed by atoms with Gasteiger partial charge in [-0.25, -0.2) is 4.98 Å². The number of aryl methyl sites for hydroxylation is 1. The molecule has 0 spiro atoms. The summed E-state index contributed by atoms with van der Waals surface area (Å²) in [6, 6.07) is 5.01. The van der Waals surface area contributed by atoms with E-state index < -0.39 is 11.7 Å². The van der Waals surface area contributed by atoms with Gasteiger partial charge < -0.3 is 4.90 Å². The number of halogens is 3. The van der Waals surface area contributed by atoms with Crippen LogP contribution in [0.5, 0.6) is 0 Å². The predicted octanol–water partition coefficient (Wildman–Crippen LogP) is 3.67. The van der Waals surface area contributed by atoms with Crippen LogP contribution < -0.4 is 0 Å². The second kappa shape index (κ2) is 6.48. The summed E-state index contributed by atoms with van der Waals surface area (Å²) in [6.45, 7) is 1.98. The molecule has 22 heavy (non-hydrogen) atoms. The van der Waals surface area contributed by atoms with Crippen molar-refractivity contribution in [2.75, 3.05) is 7.05 Å². The van der Waals surface area contributed by atoms with E-state index in [1.54, 1.807) is 13.1 Å². The topological polar surface area (TPSA) is 33.2 Å². The normalized spacial score (nSPS) is 11.5. The van der Waals surface area contributed by atoms with Crippen LogP contribution in [0.2, 0.25) is 0 Å². The molecule has 0 aliphatic carbocycles. The molecule has 1 heterocycles. The SMILES string of the molecule is Cc1nc(CC(=O)N(C)Cc2cccc(C(F)(F)F)c2)cs1. The van der Waals surface area contributed by atoms with Crippen molar-refractivity contribution < 1.29 is 18.0 Å². The van der Waals surface area contributed by atoms with Gasteiger partial charge in [-0.2, -0.15) is 13.2 Å². The second-order valence-corrected chi connectivity index (χ2v) is 6.04. The van der Waals surface area contributed by atoms with Gasteiger partial charge in [0.2, 0.25) is 5.91 Å². The van der Waals surface area contributed by atoms with E-state index in [0.29, 0.717) is 11.3 Å². The first kappa shape index (κ1) is 16.5. The lowest BCUT2D eigenvalue weighted by molar-refractivity contribution is -0.137. The van der Waals surface area contributed by atoms with Crippen LogP contribution in [-0.4, -0.2) is 22.8 Å². The van der Waals surface area contributed by atoms with Crippen molar-refractivity contribution in [2.24, 2.45) is 0 Å². The lowest BCUT2D eigenvalue weighted by Gasteiger charge is -2.17. The third-order valence-electron chi connectivity index (χ3n) is 3.10. The molecule has 0 N–H and O–H groups in total. The van der Waals surface area contributed by atoms with E-state index in [-0.39, 0.29) is 18.9 Å². The van der Waals surface area contributed by atoms with E-state index >= 15 is 0 Å². The summed E-state index contributed by atoms with van der Waals surface area (Å²) < 4.78 is 38.0. The zero-order valence-corrected chi connectivity index (χ0v) is 13.0. The highest BCUT2D eigenvalue weighted by Crippen LogP contribution is 2.29. The summed E-state index contributed by atoms with van der Waals surface area (Å²) in [4.78, 5) is 17.7. The highest BCUT2D eigenvalue weighted by molar-refractivity contribution is 7.09. The first-order chi connectivity index (χ1) is 10.3. The number of carbonyl (C=O) groups is 1. The van der Waals surface area contributed by atoms with E-state index in [4.69, 9.17) is 0 Å². The minimum Gasteiger partial charge on any atom is -0.341 e. The average molecular weight is 328 g/mol. The van der Waals surface area contributed by atoms with Gasteiger partial charge in [0.25, 0.3) is 0 Å². The molecule has 0 aliphatic rings. The van der Waals surface area contributed by atoms with Crippen molar-refractivity contribution in [3.05, 3.63) is 51.5 Å². The quantitative estimate of drug-likeness (QED) is 0.858. The molecule has 1 amide bonds. The van der Waals surface area contributed by atoms with Gasteiger partial charge in [0.05, 0.1) is 22.7 Å². The van der Waals surface area contributed by atoms with Crippen molar-refractivity contribution >= 4 is 17.2 Å². The summed E-state index contributed by atoms with van der Waals surface area (Å²) in [7, 11) is 1.57. The number of amides is 1. The Bertz CT molecular complexity index is 667. The molecule has 3 nitrogen and oxygen atoms in total. The number of thiazole rings is 1. The smallest absolute Gasteiger partial charge is 0.341 e. The zero-order chi connectivity index (χ0) is 16.3. The Morgan fingerprint density at radius 3 is 2.68 bits per heavy atom. The number of hydrogen-bond donors (Lipinski definition) is 0. The Hall–Kier alpha value is -1.89. The summed E-state index contributed by atoms with van der Waals surface area (Å²) in [5.74, 6) is -0.178. The maximum Gasteiger partial charge on any atom is 0.416 e. The van der Waals surface area contributed by atoms with Gasteiger partial charge in [0.15, 0.2) is 0 Å². The minimum absolute atomic E-state index is 0.131. The fourth-order valence-corrected chi connectivity index (χ4v) is 2.60. The molecule has 1 aromatic carbocycles. The fraction of sp³-hybridized carbons (Fsp3) is 0.333. The van der Waals surface area contributed by atoms with Crippen LogP contribution in [0.1, 0.15) is 21.8 Å². The number of alkyl halides is 3. The van der Waals surface area contributed by atoms with E-state index in [1.165, 1.54) is 22.3 Å². The maximum absolute atomic E-state index is 12.7. The monoisotopic (exact) mass is 328 g/mol. The van der Waals surface area contributed by atoms with Crippen LogP contribution in [-0.2, 0) is 23.9 Å². The number of carbonyl (C=O) groups excluding carboxylic acids is 1. The van der Waals surface area contributed by atoms with Gasteiger partial charge in [-0.3, -0.25) is 4.79 Å². The number of likely N-dealkylation sites (N-methyl/N-ethyl adjacent to an activating group) is 1. The molecule has 0 bridgehead atoms. The summed E-state index contributed by atoms with van der Waals surface area (Å²) >= 11 is 1.46. The van der Waals surface area contributed by atoms with Gasteiger partial charge in [-0.05, 0) is 24.6 Å². The largest absolute Gasteiger partial charge is 0.416 e. The molecule has 0 saturated heterocycles. The van der Waals surface area contributed by atoms with E-state index in [2.05, 4.69) is 4.98 Å². The van der Waals surface area contributed by atoms with Crippen molar-refractivity contribution in [3.63, 3.8) is 0 Å². The molecule has 0 radical (unpaired) electrons. The Kier molecular flexibility index (Phi) is 4.85. The Morgan fingerprint density at radius 2 is 2.09 bits per heavy atom. The molecule has 2 aromatic rings. The second-order valence-electron chi connectivity index (χ2n) is 4.98. The van der Waals surface area contributed by atoms with Crippen LogP contribution in [0.3, 0.4) is 0 Å². The van der Waals surface area contributed by atoms with Gasteiger partial charge in [-0.1, -0.05) is 12.1 Å². The van der Waals surface area contributed by atoms with Crippen LogP contribution in [0.25, 0.3) is 0 Å². The number of aromatic nitrogens is 1. The summed E-state index contributed by atoms with van der Waals surface area (Å²) in [6.07, 6.45) is -4.23. The number of rotatable bonds is 4. The van der Waals surface area contributed by atoms with Crippen molar-refractivity contribution in [2.45, 2.75) is 26.1 Å². The van der Waals surface area contributed by atoms with Crippen LogP contribution in [0, 0.1) is 6.92 Å². The van der Waals surface area contributed by atoms with Crippen LogP contribution in [0.15, 0.2) is 29.6 Å².